The van der Waals surface area contributed by atoms with Gasteiger partial charge in [0.2, 0.25) is 15.9 Å². The highest BCUT2D eigenvalue weighted by molar-refractivity contribution is 7.89. The van der Waals surface area contributed by atoms with Gasteiger partial charge in [-0.2, -0.15) is 9.40 Å². The number of carbonyl (C=O) groups is 1. The van der Waals surface area contributed by atoms with Crippen LogP contribution in [-0.2, 0) is 21.4 Å². The van der Waals surface area contributed by atoms with Crippen LogP contribution in [-0.4, -0.2) is 46.6 Å². The zero-order chi connectivity index (χ0) is 30.2. The Morgan fingerprint density at radius 1 is 0.976 bits per heavy atom. The minimum absolute atomic E-state index is 0.0479. The van der Waals surface area contributed by atoms with Crippen molar-refractivity contribution in [2.45, 2.75) is 64.3 Å². The molecular weight excluding hydrogens is 552 g/mol. The van der Waals surface area contributed by atoms with E-state index in [1.165, 1.54) is 4.31 Å². The molecular formula is C32H36N4O5S. The minimum atomic E-state index is -3.71. The van der Waals surface area contributed by atoms with Gasteiger partial charge in [0.05, 0.1) is 16.0 Å². The lowest BCUT2D eigenvalue weighted by molar-refractivity contribution is -0.117. The van der Waals surface area contributed by atoms with Gasteiger partial charge < -0.3 is 10.4 Å². The van der Waals surface area contributed by atoms with Crippen LogP contribution >= 0.6 is 0 Å². The summed E-state index contributed by atoms with van der Waals surface area (Å²) < 4.78 is 29.8. The molecule has 0 saturated carbocycles. The quantitative estimate of drug-likeness (QED) is 0.282. The van der Waals surface area contributed by atoms with Gasteiger partial charge in [-0.15, -0.1) is 0 Å². The number of hydrogen-bond donors (Lipinski definition) is 2. The van der Waals surface area contributed by atoms with Crippen LogP contribution in [0.25, 0.3) is 22.0 Å². The van der Waals surface area contributed by atoms with Gasteiger partial charge in [0.15, 0.2) is 0 Å². The number of fused-ring (bicyclic) bond motifs is 1. The second-order valence-corrected chi connectivity index (χ2v) is 13.1. The Hall–Kier alpha value is -4.02. The molecule has 2 N–H and O–H groups in total. The van der Waals surface area contributed by atoms with E-state index in [1.807, 2.05) is 13.8 Å². The summed E-state index contributed by atoms with van der Waals surface area (Å²) in [6.45, 7) is 8.09. The molecule has 0 bridgehead atoms. The Labute approximate surface area is 245 Å². The number of nitrogens with zero attached hydrogens (tertiary/aromatic N) is 3. The van der Waals surface area contributed by atoms with Gasteiger partial charge in [-0.1, -0.05) is 50.6 Å². The van der Waals surface area contributed by atoms with Gasteiger partial charge in [-0.25, -0.2) is 13.1 Å². The molecule has 0 atom stereocenters. The molecule has 220 valence electrons. The minimum Gasteiger partial charge on any atom is -0.508 e. The molecule has 1 amide bonds. The van der Waals surface area contributed by atoms with Crippen LogP contribution in [0.15, 0.2) is 64.3 Å². The first-order chi connectivity index (χ1) is 20.0. The maximum atomic E-state index is 13.6. The lowest BCUT2D eigenvalue weighted by atomic mass is 9.99. The van der Waals surface area contributed by atoms with Gasteiger partial charge in [0.25, 0.3) is 5.56 Å². The number of hydrogen-bond acceptors (Lipinski definition) is 6. The topological polar surface area (TPSA) is 122 Å². The zero-order valence-electron chi connectivity index (χ0n) is 24.3. The van der Waals surface area contributed by atoms with Crippen LogP contribution in [0.2, 0.25) is 0 Å². The third-order valence-electron chi connectivity index (χ3n) is 7.83. The van der Waals surface area contributed by atoms with Crippen LogP contribution in [0.1, 0.15) is 55.7 Å². The number of aromatic nitrogens is 2. The molecule has 1 aliphatic heterocycles. The largest absolute Gasteiger partial charge is 0.508 e. The number of amides is 1. The van der Waals surface area contributed by atoms with Crippen LogP contribution < -0.4 is 10.9 Å². The molecule has 1 aliphatic rings. The van der Waals surface area contributed by atoms with E-state index in [4.69, 9.17) is 0 Å². The Morgan fingerprint density at radius 2 is 1.67 bits per heavy atom. The summed E-state index contributed by atoms with van der Waals surface area (Å²) in [6.07, 6.45) is 2.68. The molecule has 4 aromatic rings. The number of phenols is 1. The van der Waals surface area contributed by atoms with E-state index >= 15 is 0 Å². The molecule has 1 fully saturated rings. The van der Waals surface area contributed by atoms with Crippen molar-refractivity contribution in [1.29, 1.82) is 0 Å². The molecule has 0 radical (unpaired) electrons. The van der Waals surface area contributed by atoms with E-state index in [1.54, 1.807) is 68.4 Å². The molecule has 0 unspecified atom stereocenters. The van der Waals surface area contributed by atoms with Crippen molar-refractivity contribution in [3.05, 3.63) is 81.6 Å². The average molecular weight is 589 g/mol. The first kappa shape index (κ1) is 29.5. The standard InChI is InChI=1S/C32H36N4O5S/c1-20(2)26-18-27(22(4)16-28(26)37)33-30(38)19-36-32(39)25-11-7-6-10-24(25)31(34-36)23-13-12-21(3)29(17-23)42(40,41)35-14-8-5-9-15-35/h6-7,10-13,16-18,20,37H,5,8-9,14-15,19H2,1-4H3,(H,33,38). The van der Waals surface area contributed by atoms with Crippen molar-refractivity contribution in [3.8, 4) is 17.0 Å². The zero-order valence-corrected chi connectivity index (χ0v) is 25.2. The maximum Gasteiger partial charge on any atom is 0.275 e. The fraction of sp³-hybridized carbons (Fsp3) is 0.344. The number of aromatic hydroxyl groups is 1. The molecule has 3 aromatic carbocycles. The molecule has 42 heavy (non-hydrogen) atoms. The number of piperidine rings is 1. The second-order valence-electron chi connectivity index (χ2n) is 11.2. The summed E-state index contributed by atoms with van der Waals surface area (Å²) in [5.74, 6) is -0.240. The third kappa shape index (κ3) is 5.69. The number of phenolic OH excluding ortho intramolecular Hbond substituents is 1. The smallest absolute Gasteiger partial charge is 0.275 e. The SMILES string of the molecule is Cc1cc(O)c(C(C)C)cc1NC(=O)Cn1nc(-c2ccc(C)c(S(=O)(=O)N3CCCCC3)c2)c2ccccc2c1=O. The predicted molar refractivity (Wildman–Crippen MR) is 164 cm³/mol. The number of carbonyl (C=O) groups excluding carboxylic acids is 1. The molecule has 0 spiro atoms. The summed E-state index contributed by atoms with van der Waals surface area (Å²) in [7, 11) is -3.71. The third-order valence-corrected chi connectivity index (χ3v) is 9.87. The van der Waals surface area contributed by atoms with E-state index in [2.05, 4.69) is 10.4 Å². The van der Waals surface area contributed by atoms with Gasteiger partial charge >= 0.3 is 0 Å². The number of benzene rings is 3. The lowest BCUT2D eigenvalue weighted by Crippen LogP contribution is -2.36. The number of nitrogens with one attached hydrogen (secondary N) is 1. The summed E-state index contributed by atoms with van der Waals surface area (Å²) in [6, 6.07) is 15.5. The summed E-state index contributed by atoms with van der Waals surface area (Å²) in [5.41, 5.74) is 3.09. The van der Waals surface area contributed by atoms with Crippen molar-refractivity contribution in [1.82, 2.24) is 14.1 Å². The van der Waals surface area contributed by atoms with Crippen LogP contribution in [0.5, 0.6) is 5.75 Å². The van der Waals surface area contributed by atoms with Gasteiger partial charge in [0, 0.05) is 29.7 Å². The van der Waals surface area contributed by atoms with Crippen LogP contribution in [0, 0.1) is 13.8 Å². The highest BCUT2D eigenvalue weighted by Crippen LogP contribution is 2.32. The Balaban J connectivity index is 1.54. The normalized spacial score (nSPS) is 14.4. The molecule has 0 aliphatic carbocycles. The highest BCUT2D eigenvalue weighted by Gasteiger charge is 2.28. The predicted octanol–water partition coefficient (Wildman–Crippen LogP) is 5.32. The monoisotopic (exact) mass is 588 g/mol. The number of aryl methyl sites for hydroxylation is 2. The van der Waals surface area contributed by atoms with Crippen molar-refractivity contribution in [2.24, 2.45) is 0 Å². The number of rotatable bonds is 7. The van der Waals surface area contributed by atoms with Gasteiger partial charge in [-0.05, 0) is 73.6 Å². The van der Waals surface area contributed by atoms with E-state index < -0.39 is 21.5 Å². The Bertz CT molecular complexity index is 1840. The molecule has 2 heterocycles. The Kier molecular flexibility index (Phi) is 8.21. The van der Waals surface area contributed by atoms with Crippen molar-refractivity contribution < 1.29 is 18.3 Å². The van der Waals surface area contributed by atoms with Gasteiger partial charge in [0.1, 0.15) is 12.3 Å². The van der Waals surface area contributed by atoms with Crippen molar-refractivity contribution in [2.75, 3.05) is 18.4 Å². The summed E-state index contributed by atoms with van der Waals surface area (Å²) >= 11 is 0. The second kappa shape index (κ2) is 11.7. The highest BCUT2D eigenvalue weighted by atomic mass is 32.2. The summed E-state index contributed by atoms with van der Waals surface area (Å²) in [4.78, 5) is 26.8. The first-order valence-corrected chi connectivity index (χ1v) is 15.7. The average Bonchev–Trinajstić information content (AvgIpc) is 2.96. The molecule has 5 rings (SSSR count). The van der Waals surface area contributed by atoms with E-state index in [0.717, 1.165) is 23.9 Å². The Morgan fingerprint density at radius 3 is 2.36 bits per heavy atom. The van der Waals surface area contributed by atoms with Crippen LogP contribution in [0.4, 0.5) is 5.69 Å². The fourth-order valence-electron chi connectivity index (χ4n) is 5.46. The van der Waals surface area contributed by atoms with E-state index in [9.17, 15) is 23.1 Å². The molecule has 10 heteroatoms. The van der Waals surface area contributed by atoms with Crippen molar-refractivity contribution >= 4 is 32.4 Å². The maximum absolute atomic E-state index is 13.6. The number of sulfonamides is 1. The van der Waals surface area contributed by atoms with Gasteiger partial charge in [-0.3, -0.25) is 9.59 Å². The molecule has 9 nitrogen and oxygen atoms in total. The van der Waals surface area contributed by atoms with Crippen LogP contribution in [0.3, 0.4) is 0 Å². The molecule has 1 aromatic heterocycles. The van der Waals surface area contributed by atoms with E-state index in [-0.39, 0.29) is 23.1 Å². The number of anilines is 1. The molecule has 1 saturated heterocycles. The first-order valence-electron chi connectivity index (χ1n) is 14.2. The fourth-order valence-corrected chi connectivity index (χ4v) is 7.23. The van der Waals surface area contributed by atoms with E-state index in [0.29, 0.717) is 57.5 Å². The summed E-state index contributed by atoms with van der Waals surface area (Å²) in [5, 5.41) is 18.7. The lowest BCUT2D eigenvalue weighted by Gasteiger charge is -2.26. The van der Waals surface area contributed by atoms with Crippen molar-refractivity contribution in [3.63, 3.8) is 0 Å².